The zero-order valence-electron chi connectivity index (χ0n) is 11.1. The van der Waals surface area contributed by atoms with Gasteiger partial charge in [-0.05, 0) is 30.5 Å². The number of rotatable bonds is 6. The van der Waals surface area contributed by atoms with E-state index in [-0.39, 0.29) is 18.5 Å². The number of aliphatic hydroxyl groups excluding tert-OH is 1. The van der Waals surface area contributed by atoms with Crippen LogP contribution in [0, 0.1) is 6.92 Å². The van der Waals surface area contributed by atoms with Crippen LogP contribution in [0.5, 0.6) is 5.75 Å². The molecule has 0 saturated heterocycles. The van der Waals surface area contributed by atoms with Crippen molar-refractivity contribution < 1.29 is 19.4 Å². The van der Waals surface area contributed by atoms with Crippen LogP contribution in [-0.4, -0.2) is 31.9 Å². The first-order valence-corrected chi connectivity index (χ1v) is 5.94. The topological polar surface area (TPSA) is 55.8 Å². The maximum atomic E-state index is 11.1. The lowest BCUT2D eigenvalue weighted by Crippen LogP contribution is -2.10. The molecule has 0 spiro atoms. The molecule has 1 atom stereocenters. The first kappa shape index (κ1) is 14.5. The Hall–Kier alpha value is -1.55. The van der Waals surface area contributed by atoms with Gasteiger partial charge in [0.25, 0.3) is 0 Å². The first-order chi connectivity index (χ1) is 8.62. The van der Waals surface area contributed by atoms with E-state index in [4.69, 9.17) is 4.74 Å². The van der Waals surface area contributed by atoms with Gasteiger partial charge in [-0.3, -0.25) is 4.79 Å². The highest BCUT2D eigenvalue weighted by Crippen LogP contribution is 2.30. The summed E-state index contributed by atoms with van der Waals surface area (Å²) in [6.45, 7) is 1.96. The number of hydrogen-bond donors (Lipinski definition) is 1. The van der Waals surface area contributed by atoms with Crippen molar-refractivity contribution in [1.82, 2.24) is 0 Å². The molecule has 0 radical (unpaired) electrons. The summed E-state index contributed by atoms with van der Waals surface area (Å²) in [5.41, 5.74) is 2.02. The largest absolute Gasteiger partial charge is 0.496 e. The fourth-order valence-corrected chi connectivity index (χ4v) is 1.89. The molecule has 1 aromatic rings. The highest BCUT2D eigenvalue weighted by atomic mass is 16.5. The van der Waals surface area contributed by atoms with Crippen molar-refractivity contribution in [3.63, 3.8) is 0 Å². The SMILES string of the molecule is COC(=O)CC[C@@H](CO)c1ccc(C)cc1OC. The van der Waals surface area contributed by atoms with Crippen LogP contribution >= 0.6 is 0 Å². The number of aliphatic hydroxyl groups is 1. The van der Waals surface area contributed by atoms with Crippen LogP contribution in [0.4, 0.5) is 0 Å². The smallest absolute Gasteiger partial charge is 0.305 e. The Kier molecular flexibility index (Phi) is 5.65. The fraction of sp³-hybridized carbons (Fsp3) is 0.500. The maximum absolute atomic E-state index is 11.1. The Morgan fingerprint density at radius 2 is 2.11 bits per heavy atom. The van der Waals surface area contributed by atoms with Crippen molar-refractivity contribution in [3.8, 4) is 5.75 Å². The summed E-state index contributed by atoms with van der Waals surface area (Å²) >= 11 is 0. The summed E-state index contributed by atoms with van der Waals surface area (Å²) in [6.07, 6.45) is 0.835. The molecule has 0 heterocycles. The number of ether oxygens (including phenoxy) is 2. The molecular formula is C14H20O4. The monoisotopic (exact) mass is 252 g/mol. The van der Waals surface area contributed by atoms with Gasteiger partial charge in [0.2, 0.25) is 0 Å². The molecular weight excluding hydrogens is 232 g/mol. The van der Waals surface area contributed by atoms with E-state index in [1.165, 1.54) is 7.11 Å². The molecule has 0 bridgehead atoms. The van der Waals surface area contributed by atoms with Gasteiger partial charge >= 0.3 is 5.97 Å². The van der Waals surface area contributed by atoms with Crippen LogP contribution in [0.15, 0.2) is 18.2 Å². The average Bonchev–Trinajstić information content (AvgIpc) is 2.40. The second-order valence-corrected chi connectivity index (χ2v) is 4.24. The Morgan fingerprint density at radius 1 is 1.39 bits per heavy atom. The Balaban J connectivity index is 2.84. The van der Waals surface area contributed by atoms with Crippen molar-refractivity contribution in [2.75, 3.05) is 20.8 Å². The third kappa shape index (κ3) is 3.74. The quantitative estimate of drug-likeness (QED) is 0.787. The molecule has 4 heteroatoms. The summed E-state index contributed by atoms with van der Waals surface area (Å²) in [5.74, 6) is 0.373. The third-order valence-corrected chi connectivity index (χ3v) is 2.97. The van der Waals surface area contributed by atoms with Gasteiger partial charge < -0.3 is 14.6 Å². The highest BCUT2D eigenvalue weighted by Gasteiger charge is 2.17. The van der Waals surface area contributed by atoms with Crippen LogP contribution in [0.3, 0.4) is 0 Å². The minimum absolute atomic E-state index is 0.0174. The lowest BCUT2D eigenvalue weighted by Gasteiger charge is -2.17. The van der Waals surface area contributed by atoms with E-state index in [1.54, 1.807) is 7.11 Å². The predicted molar refractivity (Wildman–Crippen MR) is 68.8 cm³/mol. The van der Waals surface area contributed by atoms with Crippen LogP contribution in [0.25, 0.3) is 0 Å². The van der Waals surface area contributed by atoms with Gasteiger partial charge in [-0.2, -0.15) is 0 Å². The normalized spacial score (nSPS) is 12.0. The second kappa shape index (κ2) is 7.01. The Bertz CT molecular complexity index is 401. The summed E-state index contributed by atoms with van der Waals surface area (Å²) < 4.78 is 9.92. The molecule has 0 amide bonds. The zero-order valence-corrected chi connectivity index (χ0v) is 11.1. The van der Waals surface area contributed by atoms with Crippen molar-refractivity contribution in [3.05, 3.63) is 29.3 Å². The number of aryl methyl sites for hydroxylation is 1. The Labute approximate surface area is 108 Å². The molecule has 0 unspecified atom stereocenters. The van der Waals surface area contributed by atoms with E-state index in [2.05, 4.69) is 4.74 Å². The van der Waals surface area contributed by atoms with Crippen molar-refractivity contribution >= 4 is 5.97 Å². The van der Waals surface area contributed by atoms with E-state index in [9.17, 15) is 9.90 Å². The maximum Gasteiger partial charge on any atom is 0.305 e. The highest BCUT2D eigenvalue weighted by molar-refractivity contribution is 5.69. The summed E-state index contributed by atoms with van der Waals surface area (Å²) in [6, 6.07) is 5.83. The van der Waals surface area contributed by atoms with Gasteiger partial charge in [-0.25, -0.2) is 0 Å². The van der Waals surface area contributed by atoms with Crippen LogP contribution in [0.1, 0.15) is 29.9 Å². The summed E-state index contributed by atoms with van der Waals surface area (Å²) in [7, 11) is 2.97. The van der Waals surface area contributed by atoms with Gasteiger partial charge in [0, 0.05) is 12.3 Å². The molecule has 0 fully saturated rings. The Morgan fingerprint density at radius 3 is 2.67 bits per heavy atom. The number of esters is 1. The molecule has 18 heavy (non-hydrogen) atoms. The third-order valence-electron chi connectivity index (χ3n) is 2.97. The molecule has 0 aliphatic rings. The second-order valence-electron chi connectivity index (χ2n) is 4.24. The van der Waals surface area contributed by atoms with Crippen LogP contribution in [0.2, 0.25) is 0 Å². The van der Waals surface area contributed by atoms with Crippen molar-refractivity contribution in [1.29, 1.82) is 0 Å². The predicted octanol–water partition coefficient (Wildman–Crippen LogP) is 2.03. The first-order valence-electron chi connectivity index (χ1n) is 5.94. The zero-order chi connectivity index (χ0) is 13.5. The van der Waals surface area contributed by atoms with Gasteiger partial charge in [0.15, 0.2) is 0 Å². The fourth-order valence-electron chi connectivity index (χ4n) is 1.89. The number of hydrogen-bond acceptors (Lipinski definition) is 4. The van der Waals surface area contributed by atoms with E-state index < -0.39 is 0 Å². The molecule has 0 aliphatic heterocycles. The average molecular weight is 252 g/mol. The molecule has 0 aliphatic carbocycles. The molecule has 4 nitrogen and oxygen atoms in total. The van der Waals surface area contributed by atoms with Gasteiger partial charge in [-0.1, -0.05) is 12.1 Å². The molecule has 0 aromatic heterocycles. The molecule has 1 aromatic carbocycles. The van der Waals surface area contributed by atoms with Crippen molar-refractivity contribution in [2.45, 2.75) is 25.7 Å². The number of benzene rings is 1. The lowest BCUT2D eigenvalue weighted by molar-refractivity contribution is -0.140. The number of carbonyl (C=O) groups is 1. The lowest BCUT2D eigenvalue weighted by atomic mass is 9.93. The minimum Gasteiger partial charge on any atom is -0.496 e. The van der Waals surface area contributed by atoms with E-state index in [0.29, 0.717) is 12.8 Å². The minimum atomic E-state index is -0.264. The van der Waals surface area contributed by atoms with Gasteiger partial charge in [0.05, 0.1) is 20.8 Å². The van der Waals surface area contributed by atoms with E-state index in [1.807, 2.05) is 25.1 Å². The summed E-state index contributed by atoms with van der Waals surface area (Å²) in [5, 5.41) is 9.45. The number of methoxy groups -OCH3 is 2. The molecule has 1 rings (SSSR count). The van der Waals surface area contributed by atoms with Crippen molar-refractivity contribution in [2.24, 2.45) is 0 Å². The van der Waals surface area contributed by atoms with E-state index >= 15 is 0 Å². The molecule has 0 saturated carbocycles. The molecule has 100 valence electrons. The van der Waals surface area contributed by atoms with Gasteiger partial charge in [0.1, 0.15) is 5.75 Å². The standard InChI is InChI=1S/C14H20O4/c1-10-4-6-12(13(8-10)17-2)11(9-15)5-7-14(16)18-3/h4,6,8,11,15H,5,7,9H2,1-3H3/t11-/m0/s1. The van der Waals surface area contributed by atoms with Crippen LogP contribution in [-0.2, 0) is 9.53 Å². The van der Waals surface area contributed by atoms with Gasteiger partial charge in [-0.15, -0.1) is 0 Å². The van der Waals surface area contributed by atoms with E-state index in [0.717, 1.165) is 16.9 Å². The van der Waals surface area contributed by atoms with Crippen LogP contribution < -0.4 is 4.74 Å². The number of carbonyl (C=O) groups excluding carboxylic acids is 1. The molecule has 1 N–H and O–H groups in total. The summed E-state index contributed by atoms with van der Waals surface area (Å²) in [4.78, 5) is 11.1.